The van der Waals surface area contributed by atoms with Crippen LogP contribution in [-0.2, 0) is 30.9 Å². The van der Waals surface area contributed by atoms with Gasteiger partial charge in [0.1, 0.15) is 5.52 Å². The van der Waals surface area contributed by atoms with Crippen LogP contribution in [-0.4, -0.2) is 28.7 Å². The van der Waals surface area contributed by atoms with Crippen LogP contribution in [0.15, 0.2) is 109 Å². The summed E-state index contributed by atoms with van der Waals surface area (Å²) in [4.78, 5) is 9.76. The van der Waals surface area contributed by atoms with Gasteiger partial charge in [-0.3, -0.25) is 13.6 Å². The molecular weight excluding hydrogens is 745 g/mol. The SMILES string of the molecule is CC1(C)c2ccc[c-]c2-n2nccc2C1(C)C.[Ir].[c-]1ccccc1-n1c2nccc3c4ccccc4c4cccc5nc1n(c54)c32. The quantitative estimate of drug-likeness (QED) is 0.157. The van der Waals surface area contributed by atoms with E-state index in [-0.39, 0.29) is 30.9 Å². The molecular formula is C39H30IrN6-2. The van der Waals surface area contributed by atoms with Gasteiger partial charge in [0.2, 0.25) is 5.78 Å². The molecule has 4 aromatic carbocycles. The summed E-state index contributed by atoms with van der Waals surface area (Å²) in [6, 6.07) is 40.0. The van der Waals surface area contributed by atoms with Gasteiger partial charge < -0.3 is 0 Å². The van der Waals surface area contributed by atoms with Gasteiger partial charge in [0, 0.05) is 54.4 Å². The molecule has 7 heteroatoms. The molecule has 9 aromatic rings. The zero-order valence-corrected chi connectivity index (χ0v) is 28.3. The Bertz CT molecular complexity index is 2550. The first-order valence-electron chi connectivity index (χ1n) is 15.3. The van der Waals surface area contributed by atoms with E-state index in [1.807, 2.05) is 47.4 Å². The molecule has 0 saturated heterocycles. The Morgan fingerprint density at radius 3 is 2.17 bits per heavy atom. The minimum atomic E-state index is 0. The van der Waals surface area contributed by atoms with Gasteiger partial charge in [-0.05, 0) is 40.1 Å². The van der Waals surface area contributed by atoms with Crippen LogP contribution in [0.5, 0.6) is 0 Å². The molecule has 10 rings (SSSR count). The summed E-state index contributed by atoms with van der Waals surface area (Å²) >= 11 is 0. The van der Waals surface area contributed by atoms with Crippen molar-refractivity contribution in [3.8, 4) is 11.4 Å². The summed E-state index contributed by atoms with van der Waals surface area (Å²) in [5.41, 5.74) is 8.88. The Morgan fingerprint density at radius 1 is 0.652 bits per heavy atom. The third kappa shape index (κ3) is 3.70. The Hall–Kier alpha value is -4.84. The largest absolute Gasteiger partial charge is 0.287 e. The number of hydrogen-bond donors (Lipinski definition) is 0. The molecule has 46 heavy (non-hydrogen) atoms. The number of para-hydroxylation sites is 3. The summed E-state index contributed by atoms with van der Waals surface area (Å²) in [5.74, 6) is 0.868. The van der Waals surface area contributed by atoms with E-state index in [9.17, 15) is 0 Å². The Morgan fingerprint density at radius 2 is 1.39 bits per heavy atom. The first-order valence-corrected chi connectivity index (χ1v) is 15.3. The topological polar surface area (TPSA) is 52.9 Å². The van der Waals surface area contributed by atoms with Crippen LogP contribution in [0.3, 0.4) is 0 Å². The van der Waals surface area contributed by atoms with Crippen LogP contribution >= 0.6 is 0 Å². The fourth-order valence-electron chi connectivity index (χ4n) is 7.25. The second kappa shape index (κ2) is 10.1. The van der Waals surface area contributed by atoms with Crippen molar-refractivity contribution >= 4 is 49.5 Å². The minimum Gasteiger partial charge on any atom is -0.287 e. The number of rotatable bonds is 1. The van der Waals surface area contributed by atoms with Gasteiger partial charge >= 0.3 is 0 Å². The van der Waals surface area contributed by atoms with E-state index in [0.717, 1.165) is 39.3 Å². The zero-order chi connectivity index (χ0) is 30.5. The summed E-state index contributed by atoms with van der Waals surface area (Å²) in [6.45, 7) is 9.18. The van der Waals surface area contributed by atoms with Crippen LogP contribution < -0.4 is 0 Å². The number of benzene rings is 4. The van der Waals surface area contributed by atoms with E-state index < -0.39 is 0 Å². The van der Waals surface area contributed by atoms with Gasteiger partial charge in [-0.2, -0.15) is 53.6 Å². The molecule has 0 saturated carbocycles. The molecule has 0 amide bonds. The van der Waals surface area contributed by atoms with Crippen LogP contribution in [0, 0.1) is 12.1 Å². The number of nitrogens with zero attached hydrogens (tertiary/aromatic N) is 6. The molecule has 0 N–H and O–H groups in total. The van der Waals surface area contributed by atoms with Gasteiger partial charge in [-0.25, -0.2) is 9.97 Å². The van der Waals surface area contributed by atoms with Crippen molar-refractivity contribution in [3.05, 3.63) is 133 Å². The Kier molecular flexibility index (Phi) is 6.27. The third-order valence-electron chi connectivity index (χ3n) is 10.2. The minimum absolute atomic E-state index is 0. The van der Waals surface area contributed by atoms with Crippen LogP contribution in [0.2, 0.25) is 0 Å². The van der Waals surface area contributed by atoms with E-state index in [2.05, 4.69) is 121 Å². The summed E-state index contributed by atoms with van der Waals surface area (Å²) < 4.78 is 6.40. The van der Waals surface area contributed by atoms with Crippen LogP contribution in [0.4, 0.5) is 0 Å². The summed E-state index contributed by atoms with van der Waals surface area (Å²) in [7, 11) is 0. The molecule has 1 radical (unpaired) electrons. The number of imidazole rings is 2. The van der Waals surface area contributed by atoms with Crippen molar-refractivity contribution in [1.82, 2.24) is 28.7 Å². The summed E-state index contributed by atoms with van der Waals surface area (Å²) in [6.07, 6.45) is 3.77. The molecule has 0 spiro atoms. The van der Waals surface area contributed by atoms with Crippen LogP contribution in [0.1, 0.15) is 39.0 Å². The van der Waals surface area contributed by atoms with Gasteiger partial charge in [-0.1, -0.05) is 69.8 Å². The van der Waals surface area contributed by atoms with E-state index >= 15 is 0 Å². The normalized spacial score (nSPS) is 14.7. The Labute approximate surface area is 280 Å². The average molecular weight is 775 g/mol. The van der Waals surface area contributed by atoms with E-state index in [1.54, 1.807) is 0 Å². The van der Waals surface area contributed by atoms with E-state index in [1.165, 1.54) is 32.8 Å². The van der Waals surface area contributed by atoms with Gasteiger partial charge in [-0.15, -0.1) is 11.6 Å². The number of pyridine rings is 1. The van der Waals surface area contributed by atoms with Crippen molar-refractivity contribution < 1.29 is 20.1 Å². The second-order valence-corrected chi connectivity index (χ2v) is 12.9. The standard InChI is InChI=1S/C24H13N4.C15H17N2.Ir/c1-2-7-15(8-3-1)27-23-22-19(13-14-25-23)17-10-5-4-9-16(17)18-11-6-12-20-21(18)28(22)24(27)26-20;1-14(2)11-7-5-6-8-12(11)17-13(9-10-16-17)15(14,3)4;/h1-7,9-14H;5-7,9-10H,1-4H3;/q2*-1;. The maximum Gasteiger partial charge on any atom is 0.220 e. The number of hydrogen-bond acceptors (Lipinski definition) is 3. The molecule has 6 nitrogen and oxygen atoms in total. The van der Waals surface area contributed by atoms with Crippen LogP contribution in [0.25, 0.3) is 60.9 Å². The molecule has 5 aromatic heterocycles. The molecule has 6 heterocycles. The van der Waals surface area contributed by atoms with Gasteiger partial charge in [0.05, 0.1) is 11.0 Å². The molecule has 0 bridgehead atoms. The monoisotopic (exact) mass is 775 g/mol. The number of aromatic nitrogens is 6. The molecule has 0 aliphatic carbocycles. The second-order valence-electron chi connectivity index (χ2n) is 12.9. The molecule has 0 atom stereocenters. The maximum atomic E-state index is 5.00. The smallest absolute Gasteiger partial charge is 0.220 e. The first kappa shape index (κ1) is 28.6. The van der Waals surface area contributed by atoms with Gasteiger partial charge in [0.15, 0.2) is 5.65 Å². The molecule has 0 fully saturated rings. The Balaban J connectivity index is 0.000000150. The number of fused-ring (bicyclic) bond motifs is 6. The average Bonchev–Trinajstić information content (AvgIpc) is 3.76. The predicted molar refractivity (Wildman–Crippen MR) is 181 cm³/mol. The zero-order valence-electron chi connectivity index (χ0n) is 25.9. The van der Waals surface area contributed by atoms with Crippen molar-refractivity contribution in [2.45, 2.75) is 38.5 Å². The maximum absolute atomic E-state index is 5.00. The molecule has 1 aliphatic rings. The van der Waals surface area contributed by atoms with Gasteiger partial charge in [0.25, 0.3) is 0 Å². The van der Waals surface area contributed by atoms with Crippen molar-refractivity contribution in [1.29, 1.82) is 0 Å². The first-order chi connectivity index (χ1) is 21.9. The van der Waals surface area contributed by atoms with Crippen molar-refractivity contribution in [2.75, 3.05) is 0 Å². The van der Waals surface area contributed by atoms with Crippen molar-refractivity contribution in [2.24, 2.45) is 0 Å². The predicted octanol–water partition coefficient (Wildman–Crippen LogP) is 8.61. The fourth-order valence-corrected chi connectivity index (χ4v) is 7.25. The molecule has 0 unspecified atom stereocenters. The fraction of sp³-hybridized carbons (Fsp3) is 0.154. The third-order valence-corrected chi connectivity index (χ3v) is 10.2. The van der Waals surface area contributed by atoms with Crippen molar-refractivity contribution in [3.63, 3.8) is 0 Å². The van der Waals surface area contributed by atoms with E-state index in [0.29, 0.717) is 0 Å². The van der Waals surface area contributed by atoms with E-state index in [4.69, 9.17) is 9.97 Å². The molecule has 227 valence electrons. The summed E-state index contributed by atoms with van der Waals surface area (Å²) in [5, 5.41) is 9.28. The molecule has 1 aliphatic heterocycles.